The summed E-state index contributed by atoms with van der Waals surface area (Å²) in [5, 5.41) is 3.13. The Hall–Kier alpha value is -1.76. The Balaban J connectivity index is 2.02. The Bertz CT molecular complexity index is 664. The van der Waals surface area contributed by atoms with E-state index >= 15 is 0 Å². The van der Waals surface area contributed by atoms with Gasteiger partial charge in [-0.2, -0.15) is 0 Å². The van der Waals surface area contributed by atoms with E-state index in [1.807, 2.05) is 32.2 Å². The summed E-state index contributed by atoms with van der Waals surface area (Å²) in [6, 6.07) is 6.08. The highest BCUT2D eigenvalue weighted by Crippen LogP contribution is 2.30. The summed E-state index contributed by atoms with van der Waals surface area (Å²) < 4.78 is 5.91. The van der Waals surface area contributed by atoms with E-state index in [9.17, 15) is 0 Å². The molecule has 26 heavy (non-hydrogen) atoms. The molecule has 1 N–H and O–H groups in total. The number of thioether (sulfide) groups is 1. The lowest BCUT2D eigenvalue weighted by Crippen LogP contribution is -2.14. The highest BCUT2D eigenvalue weighted by atomic mass is 32.2. The fourth-order valence-electron chi connectivity index (χ4n) is 2.74. The third-order valence-electron chi connectivity index (χ3n) is 4.05. The van der Waals surface area contributed by atoms with Gasteiger partial charge >= 0.3 is 0 Å². The van der Waals surface area contributed by atoms with E-state index in [0.717, 1.165) is 34.9 Å². The first kappa shape index (κ1) is 20.6. The maximum Gasteiger partial charge on any atom is 0.153 e. The van der Waals surface area contributed by atoms with E-state index in [1.165, 1.54) is 12.8 Å². The number of nitrogens with one attached hydrogen (secondary N) is 1. The van der Waals surface area contributed by atoms with Crippen LogP contribution in [0.5, 0.6) is 0 Å². The van der Waals surface area contributed by atoms with Gasteiger partial charge in [0, 0.05) is 23.2 Å². The average Bonchev–Trinajstić information content (AvgIpc) is 3.18. The molecule has 1 aliphatic rings. The largest absolute Gasteiger partial charge is 0.370 e. The summed E-state index contributed by atoms with van der Waals surface area (Å²) in [6.45, 7) is 5.99. The molecule has 1 fully saturated rings. The summed E-state index contributed by atoms with van der Waals surface area (Å²) in [5.74, 6) is 1.52. The van der Waals surface area contributed by atoms with Gasteiger partial charge in [-0.05, 0) is 57.3 Å². The molecule has 2 rings (SSSR count). The first-order chi connectivity index (χ1) is 12.8. The van der Waals surface area contributed by atoms with Gasteiger partial charge in [0.25, 0.3) is 0 Å². The molecule has 140 valence electrons. The van der Waals surface area contributed by atoms with E-state index in [4.69, 9.17) is 4.74 Å². The molecule has 0 aromatic heterocycles. The lowest BCUT2D eigenvalue weighted by molar-refractivity contribution is 0.0871. The molecule has 6 heteroatoms. The van der Waals surface area contributed by atoms with Crippen molar-refractivity contribution in [3.63, 3.8) is 0 Å². The lowest BCUT2D eigenvalue weighted by atomic mass is 10.2. The van der Waals surface area contributed by atoms with Crippen molar-refractivity contribution in [3.05, 3.63) is 30.0 Å². The molecule has 0 radical (unpaired) electrons. The van der Waals surface area contributed by atoms with Crippen LogP contribution in [-0.2, 0) is 4.74 Å². The summed E-state index contributed by atoms with van der Waals surface area (Å²) in [4.78, 5) is 13.9. The first-order valence-electron chi connectivity index (χ1n) is 8.98. The Labute approximate surface area is 160 Å². The van der Waals surface area contributed by atoms with Crippen LogP contribution in [0.15, 0.2) is 44.3 Å². The molecule has 5 nitrogen and oxygen atoms in total. The quantitative estimate of drug-likeness (QED) is 0.296. The van der Waals surface area contributed by atoms with Gasteiger partial charge in [0.1, 0.15) is 6.61 Å². The third-order valence-corrected chi connectivity index (χ3v) is 5.12. The van der Waals surface area contributed by atoms with Crippen LogP contribution in [0.1, 0.15) is 38.2 Å². The van der Waals surface area contributed by atoms with Gasteiger partial charge in [0.2, 0.25) is 0 Å². The smallest absolute Gasteiger partial charge is 0.153 e. The van der Waals surface area contributed by atoms with E-state index in [-0.39, 0.29) is 0 Å². The van der Waals surface area contributed by atoms with Crippen LogP contribution < -0.4 is 5.32 Å². The van der Waals surface area contributed by atoms with Gasteiger partial charge in [-0.3, -0.25) is 4.99 Å². The summed E-state index contributed by atoms with van der Waals surface area (Å²) in [6.07, 6.45) is 10.7. The van der Waals surface area contributed by atoms with Crippen molar-refractivity contribution in [1.29, 1.82) is 0 Å². The van der Waals surface area contributed by atoms with E-state index < -0.39 is 0 Å². The minimum Gasteiger partial charge on any atom is -0.370 e. The zero-order chi connectivity index (χ0) is 18.6. The highest BCUT2D eigenvalue weighted by Gasteiger charge is 2.15. The number of ether oxygens (including phenoxy) is 1. The molecule has 0 atom stereocenters. The topological polar surface area (TPSA) is 58.3 Å². The van der Waals surface area contributed by atoms with Crippen molar-refractivity contribution in [1.82, 2.24) is 5.32 Å². The Morgan fingerprint density at radius 1 is 1.38 bits per heavy atom. The predicted molar refractivity (Wildman–Crippen MR) is 114 cm³/mol. The minimum absolute atomic E-state index is 0.363. The van der Waals surface area contributed by atoms with Crippen LogP contribution in [0.3, 0.4) is 0 Å². The van der Waals surface area contributed by atoms with Crippen LogP contribution in [0.2, 0.25) is 0 Å². The fourth-order valence-corrected chi connectivity index (χ4v) is 3.54. The predicted octanol–water partition coefficient (Wildman–Crippen LogP) is 4.71. The zero-order valence-electron chi connectivity index (χ0n) is 15.6. The van der Waals surface area contributed by atoms with Crippen molar-refractivity contribution in [2.24, 2.45) is 15.0 Å². The Kier molecular flexibility index (Phi) is 9.31. The molecule has 0 bridgehead atoms. The first-order valence-corrected chi connectivity index (χ1v) is 9.97. The van der Waals surface area contributed by atoms with Crippen molar-refractivity contribution in [2.75, 3.05) is 19.5 Å². The van der Waals surface area contributed by atoms with Crippen molar-refractivity contribution >= 4 is 42.3 Å². The summed E-state index contributed by atoms with van der Waals surface area (Å²) in [5.41, 5.74) is 1.96. The van der Waals surface area contributed by atoms with Gasteiger partial charge in [-0.25, -0.2) is 9.98 Å². The number of amidine groups is 1. The maximum absolute atomic E-state index is 5.91. The van der Waals surface area contributed by atoms with Crippen LogP contribution in [0.4, 0.5) is 5.69 Å². The SMILES string of the molecule is C=Nc1ccc(/C=C/N=C(COC2CCCC2)N=CC)cc1SCNC. The Morgan fingerprint density at radius 3 is 2.88 bits per heavy atom. The third kappa shape index (κ3) is 6.86. The molecular weight excluding hydrogens is 344 g/mol. The number of hydrogen-bond acceptors (Lipinski definition) is 5. The van der Waals surface area contributed by atoms with Crippen LogP contribution in [-0.4, -0.2) is 44.4 Å². The molecule has 1 aromatic rings. The van der Waals surface area contributed by atoms with E-state index in [1.54, 1.807) is 24.2 Å². The number of rotatable bonds is 9. The molecule has 0 aliphatic heterocycles. The van der Waals surface area contributed by atoms with Gasteiger partial charge < -0.3 is 10.1 Å². The second-order valence-corrected chi connectivity index (χ2v) is 7.01. The van der Waals surface area contributed by atoms with Gasteiger partial charge in [0.15, 0.2) is 5.84 Å². The molecule has 1 aromatic carbocycles. The van der Waals surface area contributed by atoms with E-state index in [2.05, 4.69) is 33.1 Å². The monoisotopic (exact) mass is 372 g/mol. The highest BCUT2D eigenvalue weighted by molar-refractivity contribution is 7.99. The number of nitrogens with zero attached hydrogens (tertiary/aromatic N) is 3. The molecule has 0 unspecified atom stereocenters. The number of hydrogen-bond donors (Lipinski definition) is 1. The fraction of sp³-hybridized carbons (Fsp3) is 0.450. The normalized spacial score (nSPS) is 16.2. The summed E-state index contributed by atoms with van der Waals surface area (Å²) >= 11 is 1.70. The Morgan fingerprint density at radius 2 is 2.19 bits per heavy atom. The van der Waals surface area contributed by atoms with Crippen LogP contribution in [0.25, 0.3) is 6.08 Å². The zero-order valence-corrected chi connectivity index (χ0v) is 16.5. The van der Waals surface area contributed by atoms with Crippen molar-refractivity contribution < 1.29 is 4.74 Å². The van der Waals surface area contributed by atoms with Gasteiger partial charge in [-0.15, -0.1) is 11.8 Å². The second kappa shape index (κ2) is 11.8. The summed E-state index contributed by atoms with van der Waals surface area (Å²) in [7, 11) is 1.93. The van der Waals surface area contributed by atoms with Crippen molar-refractivity contribution in [3.8, 4) is 0 Å². The molecule has 0 spiro atoms. The number of benzene rings is 1. The molecule has 1 aliphatic carbocycles. The minimum atomic E-state index is 0.363. The van der Waals surface area contributed by atoms with E-state index in [0.29, 0.717) is 18.5 Å². The molecular formula is C20H28N4OS. The molecule has 0 saturated heterocycles. The van der Waals surface area contributed by atoms with Gasteiger partial charge in [-0.1, -0.05) is 18.9 Å². The molecule has 0 heterocycles. The second-order valence-electron chi connectivity index (χ2n) is 5.99. The van der Waals surface area contributed by atoms with Crippen molar-refractivity contribution in [2.45, 2.75) is 43.6 Å². The van der Waals surface area contributed by atoms with Gasteiger partial charge in [0.05, 0.1) is 11.8 Å². The lowest BCUT2D eigenvalue weighted by Gasteiger charge is -2.10. The van der Waals surface area contributed by atoms with Crippen LogP contribution in [0, 0.1) is 0 Å². The standard InChI is InChI=1S/C20H28N4OS/c1-4-23-20(14-25-17-7-5-6-8-17)24-12-11-16-9-10-18(22-3)19(13-16)26-15-21-2/h4,9-13,17,21H,3,5-8,14-15H2,1-2H3/b12-11+,23-4?,24-20?. The van der Waals surface area contributed by atoms with Crippen LogP contribution >= 0.6 is 11.8 Å². The maximum atomic E-state index is 5.91. The molecule has 0 amide bonds. The average molecular weight is 373 g/mol. The molecule has 1 saturated carbocycles. The number of aliphatic imine (C=N–C) groups is 3.